The van der Waals surface area contributed by atoms with E-state index in [0.29, 0.717) is 15.1 Å². The van der Waals surface area contributed by atoms with Gasteiger partial charge in [0.05, 0.1) is 9.72 Å². The molecule has 0 amide bonds. The van der Waals surface area contributed by atoms with Crippen LogP contribution in [0.5, 0.6) is 0 Å². The smallest absolute Gasteiger partial charge is 0.143 e. The van der Waals surface area contributed by atoms with Gasteiger partial charge in [-0.15, -0.1) is 11.3 Å². The van der Waals surface area contributed by atoms with Crippen LogP contribution in [0.2, 0.25) is 5.02 Å². The Morgan fingerprint density at radius 1 is 1.38 bits per heavy atom. The summed E-state index contributed by atoms with van der Waals surface area (Å²) in [5.74, 6) is -0.843. The standard InChI is InChI=1S/C12H11ClF2S/c1-3-6(2)11-10(13)8-4-7(14)5-9(15)12(8)16-11/h4-6H,3H2,1-2H3. The normalized spacial score (nSPS) is 13.3. The molecule has 1 unspecified atom stereocenters. The predicted molar refractivity (Wildman–Crippen MR) is 65.5 cm³/mol. The molecule has 0 N–H and O–H groups in total. The van der Waals surface area contributed by atoms with Gasteiger partial charge in [-0.3, -0.25) is 0 Å². The number of thiophene rings is 1. The van der Waals surface area contributed by atoms with Crippen LogP contribution in [0.15, 0.2) is 12.1 Å². The van der Waals surface area contributed by atoms with Crippen LogP contribution in [0.25, 0.3) is 10.1 Å². The Morgan fingerprint density at radius 2 is 2.06 bits per heavy atom. The molecule has 1 atom stereocenters. The Morgan fingerprint density at radius 3 is 2.69 bits per heavy atom. The first-order valence-corrected chi connectivity index (χ1v) is 6.31. The van der Waals surface area contributed by atoms with Crippen molar-refractivity contribution in [2.24, 2.45) is 0 Å². The van der Waals surface area contributed by atoms with Gasteiger partial charge in [-0.25, -0.2) is 8.78 Å². The average molecular weight is 261 g/mol. The first-order chi connectivity index (χ1) is 7.54. The van der Waals surface area contributed by atoms with Crippen LogP contribution in [0.4, 0.5) is 8.78 Å². The maximum absolute atomic E-state index is 13.5. The second kappa shape index (κ2) is 4.30. The predicted octanol–water partition coefficient (Wildman–Crippen LogP) is 5.35. The first kappa shape index (κ1) is 11.8. The van der Waals surface area contributed by atoms with E-state index in [1.165, 1.54) is 17.4 Å². The number of halogens is 3. The topological polar surface area (TPSA) is 0 Å². The van der Waals surface area contributed by atoms with E-state index in [9.17, 15) is 8.78 Å². The molecular weight excluding hydrogens is 250 g/mol. The molecule has 1 heterocycles. The SMILES string of the molecule is CCC(C)c1sc2c(F)cc(F)cc2c1Cl. The van der Waals surface area contributed by atoms with Crippen LogP contribution >= 0.6 is 22.9 Å². The van der Waals surface area contributed by atoms with Crippen molar-refractivity contribution >= 4 is 33.0 Å². The monoisotopic (exact) mass is 260 g/mol. The van der Waals surface area contributed by atoms with Crippen molar-refractivity contribution < 1.29 is 8.78 Å². The Kier molecular flexibility index (Phi) is 3.17. The molecule has 0 fully saturated rings. The second-order valence-corrected chi connectivity index (χ2v) is 5.28. The highest BCUT2D eigenvalue weighted by molar-refractivity contribution is 7.19. The van der Waals surface area contributed by atoms with E-state index in [-0.39, 0.29) is 5.92 Å². The summed E-state index contributed by atoms with van der Waals surface area (Å²) in [4.78, 5) is 0.934. The van der Waals surface area contributed by atoms with E-state index >= 15 is 0 Å². The fourth-order valence-electron chi connectivity index (χ4n) is 1.62. The highest BCUT2D eigenvalue weighted by Crippen LogP contribution is 2.41. The summed E-state index contributed by atoms with van der Waals surface area (Å²) in [6, 6.07) is 2.19. The lowest BCUT2D eigenvalue weighted by molar-refractivity contribution is 0.593. The lowest BCUT2D eigenvalue weighted by Crippen LogP contribution is -1.86. The summed E-state index contributed by atoms with van der Waals surface area (Å²) in [6.07, 6.45) is 0.927. The van der Waals surface area contributed by atoms with Gasteiger partial charge in [0.1, 0.15) is 11.6 Å². The third-order valence-electron chi connectivity index (χ3n) is 2.73. The van der Waals surface area contributed by atoms with Crippen molar-refractivity contribution in [1.82, 2.24) is 0 Å². The molecule has 0 nitrogen and oxygen atoms in total. The Balaban J connectivity index is 2.72. The first-order valence-electron chi connectivity index (χ1n) is 5.11. The molecule has 4 heteroatoms. The van der Waals surface area contributed by atoms with Crippen LogP contribution in [-0.2, 0) is 0 Å². The molecular formula is C12H11ClF2S. The van der Waals surface area contributed by atoms with E-state index in [0.717, 1.165) is 17.4 Å². The fourth-order valence-corrected chi connectivity index (χ4v) is 3.34. The highest BCUT2D eigenvalue weighted by atomic mass is 35.5. The molecule has 2 aromatic rings. The summed E-state index contributed by atoms with van der Waals surface area (Å²) in [5, 5.41) is 0.979. The maximum Gasteiger partial charge on any atom is 0.143 e. The van der Waals surface area contributed by atoms with Gasteiger partial charge in [-0.2, -0.15) is 0 Å². The quantitative estimate of drug-likeness (QED) is 0.683. The highest BCUT2D eigenvalue weighted by Gasteiger charge is 2.18. The van der Waals surface area contributed by atoms with E-state index in [4.69, 9.17) is 11.6 Å². The van der Waals surface area contributed by atoms with Gasteiger partial charge in [0.15, 0.2) is 0 Å². The van der Waals surface area contributed by atoms with Gasteiger partial charge in [0.25, 0.3) is 0 Å². The minimum Gasteiger partial charge on any atom is -0.207 e. The Bertz CT molecular complexity index is 533. The summed E-state index contributed by atoms with van der Waals surface area (Å²) in [7, 11) is 0. The summed E-state index contributed by atoms with van der Waals surface area (Å²) in [5.41, 5.74) is 0. The zero-order chi connectivity index (χ0) is 11.9. The number of hydrogen-bond donors (Lipinski definition) is 0. The molecule has 86 valence electrons. The zero-order valence-corrected chi connectivity index (χ0v) is 10.6. The van der Waals surface area contributed by atoms with E-state index < -0.39 is 11.6 Å². The van der Waals surface area contributed by atoms with Gasteiger partial charge >= 0.3 is 0 Å². The van der Waals surface area contributed by atoms with E-state index in [2.05, 4.69) is 0 Å². The Labute approximate surface area is 102 Å². The number of hydrogen-bond acceptors (Lipinski definition) is 1. The van der Waals surface area contributed by atoms with Gasteiger partial charge in [0.2, 0.25) is 0 Å². The van der Waals surface area contributed by atoms with Crippen LogP contribution in [0.1, 0.15) is 31.1 Å². The molecule has 0 saturated heterocycles. The van der Waals surface area contributed by atoms with Crippen LogP contribution < -0.4 is 0 Å². The summed E-state index contributed by atoms with van der Waals surface area (Å²) in [6.45, 7) is 4.08. The van der Waals surface area contributed by atoms with Gasteiger partial charge in [-0.05, 0) is 18.4 Å². The maximum atomic E-state index is 13.5. The van der Waals surface area contributed by atoms with Crippen molar-refractivity contribution in [2.75, 3.05) is 0 Å². The van der Waals surface area contributed by atoms with Crippen molar-refractivity contribution in [1.29, 1.82) is 0 Å². The number of benzene rings is 1. The van der Waals surface area contributed by atoms with Crippen molar-refractivity contribution in [2.45, 2.75) is 26.2 Å². The Hall–Kier alpha value is -0.670. The van der Waals surface area contributed by atoms with Gasteiger partial charge in [-0.1, -0.05) is 25.4 Å². The third kappa shape index (κ3) is 1.82. The van der Waals surface area contributed by atoms with Crippen molar-refractivity contribution in [3.8, 4) is 0 Å². The van der Waals surface area contributed by atoms with Crippen molar-refractivity contribution in [3.05, 3.63) is 33.7 Å². The molecule has 0 aliphatic carbocycles. The molecule has 0 radical (unpaired) electrons. The molecule has 0 aliphatic heterocycles. The van der Waals surface area contributed by atoms with Crippen LogP contribution in [0, 0.1) is 11.6 Å². The van der Waals surface area contributed by atoms with Gasteiger partial charge < -0.3 is 0 Å². The lowest BCUT2D eigenvalue weighted by atomic mass is 10.1. The molecule has 16 heavy (non-hydrogen) atoms. The van der Waals surface area contributed by atoms with E-state index in [1.807, 2.05) is 13.8 Å². The molecule has 1 aromatic heterocycles. The van der Waals surface area contributed by atoms with Crippen LogP contribution in [0.3, 0.4) is 0 Å². The van der Waals surface area contributed by atoms with Gasteiger partial charge in [0, 0.05) is 16.3 Å². The number of rotatable bonds is 2. The molecule has 0 bridgehead atoms. The minimum atomic E-state index is -0.583. The minimum absolute atomic E-state index is 0.271. The third-order valence-corrected chi connectivity index (χ3v) is 4.70. The average Bonchev–Trinajstić information content (AvgIpc) is 2.56. The van der Waals surface area contributed by atoms with E-state index in [1.54, 1.807) is 0 Å². The fraction of sp³-hybridized carbons (Fsp3) is 0.333. The lowest BCUT2D eigenvalue weighted by Gasteiger charge is -2.04. The summed E-state index contributed by atoms with van der Waals surface area (Å²) < 4.78 is 27.0. The molecule has 0 spiro atoms. The van der Waals surface area contributed by atoms with Crippen molar-refractivity contribution in [3.63, 3.8) is 0 Å². The number of fused-ring (bicyclic) bond motifs is 1. The molecule has 1 aromatic carbocycles. The molecule has 0 saturated carbocycles. The summed E-state index contributed by atoms with van der Waals surface area (Å²) >= 11 is 7.47. The van der Waals surface area contributed by atoms with Crippen LogP contribution in [-0.4, -0.2) is 0 Å². The molecule has 2 rings (SSSR count). The largest absolute Gasteiger partial charge is 0.207 e. The zero-order valence-electron chi connectivity index (χ0n) is 8.98. The second-order valence-electron chi connectivity index (χ2n) is 3.85. The molecule has 0 aliphatic rings.